The monoisotopic (exact) mass is 355 g/mol. The van der Waals surface area contributed by atoms with Crippen molar-refractivity contribution >= 4 is 17.3 Å². The van der Waals surface area contributed by atoms with Crippen molar-refractivity contribution in [2.45, 2.75) is 24.9 Å². The fraction of sp³-hybridized carbons (Fsp3) is 0.316. The van der Waals surface area contributed by atoms with Crippen molar-refractivity contribution in [2.75, 3.05) is 18.9 Å². The van der Waals surface area contributed by atoms with E-state index in [-0.39, 0.29) is 29.4 Å². The van der Waals surface area contributed by atoms with E-state index < -0.39 is 10.5 Å². The standard InChI is InChI=1S/C19H21N3O4/c1-20-18(23)14-8-9-16(17(11-14)22(25)26)21-12-19(24)10-4-6-13-5-2-3-7-15(13)19/h2-3,5,7-9,11,21,24H,4,6,10,12H2,1H3,(H,20,23). The number of rotatable bonds is 5. The van der Waals surface area contributed by atoms with Crippen molar-refractivity contribution in [3.63, 3.8) is 0 Å². The number of aryl methyl sites for hydroxylation is 1. The van der Waals surface area contributed by atoms with Gasteiger partial charge in [-0.2, -0.15) is 0 Å². The summed E-state index contributed by atoms with van der Waals surface area (Å²) in [6.45, 7) is 0.157. The second-order valence-electron chi connectivity index (χ2n) is 6.46. The lowest BCUT2D eigenvalue weighted by atomic mass is 9.79. The van der Waals surface area contributed by atoms with Gasteiger partial charge in [-0.25, -0.2) is 0 Å². The Balaban J connectivity index is 1.86. The molecule has 0 saturated carbocycles. The Kier molecular flexibility index (Phi) is 4.90. The van der Waals surface area contributed by atoms with Crippen LogP contribution in [-0.2, 0) is 12.0 Å². The summed E-state index contributed by atoms with van der Waals surface area (Å²) in [5.74, 6) is -0.389. The summed E-state index contributed by atoms with van der Waals surface area (Å²) in [6, 6.07) is 12.0. The topological polar surface area (TPSA) is 104 Å². The van der Waals surface area contributed by atoms with E-state index in [1.807, 2.05) is 24.3 Å². The molecule has 1 unspecified atom stereocenters. The molecule has 136 valence electrons. The van der Waals surface area contributed by atoms with E-state index in [0.29, 0.717) is 6.42 Å². The Morgan fingerprint density at radius 3 is 2.81 bits per heavy atom. The van der Waals surface area contributed by atoms with Crippen molar-refractivity contribution in [2.24, 2.45) is 0 Å². The zero-order valence-corrected chi connectivity index (χ0v) is 14.5. The van der Waals surface area contributed by atoms with Gasteiger partial charge in [-0.15, -0.1) is 0 Å². The van der Waals surface area contributed by atoms with Crippen LogP contribution in [0.5, 0.6) is 0 Å². The number of nitrogens with one attached hydrogen (secondary N) is 2. The lowest BCUT2D eigenvalue weighted by Crippen LogP contribution is -2.37. The number of nitrogens with zero attached hydrogens (tertiary/aromatic N) is 1. The van der Waals surface area contributed by atoms with Gasteiger partial charge >= 0.3 is 0 Å². The first-order chi connectivity index (χ1) is 12.4. The molecule has 3 N–H and O–H groups in total. The Morgan fingerprint density at radius 2 is 2.08 bits per heavy atom. The molecule has 2 aromatic rings. The van der Waals surface area contributed by atoms with Gasteiger partial charge in [0.15, 0.2) is 0 Å². The van der Waals surface area contributed by atoms with E-state index in [9.17, 15) is 20.0 Å². The summed E-state index contributed by atoms with van der Waals surface area (Å²) < 4.78 is 0. The van der Waals surface area contributed by atoms with Crippen LogP contribution in [0.25, 0.3) is 0 Å². The van der Waals surface area contributed by atoms with Gasteiger partial charge < -0.3 is 15.7 Å². The number of nitro groups is 1. The predicted molar refractivity (Wildman–Crippen MR) is 98.3 cm³/mol. The van der Waals surface area contributed by atoms with Crippen molar-refractivity contribution < 1.29 is 14.8 Å². The summed E-state index contributed by atoms with van der Waals surface area (Å²) in [5.41, 5.74) is 1.18. The van der Waals surface area contributed by atoms with E-state index in [4.69, 9.17) is 0 Å². The summed E-state index contributed by atoms with van der Waals surface area (Å²) in [5, 5.41) is 27.9. The number of fused-ring (bicyclic) bond motifs is 1. The lowest BCUT2D eigenvalue weighted by molar-refractivity contribution is -0.384. The van der Waals surface area contributed by atoms with Crippen molar-refractivity contribution in [1.82, 2.24) is 5.32 Å². The van der Waals surface area contributed by atoms with Gasteiger partial charge in [-0.3, -0.25) is 14.9 Å². The quantitative estimate of drug-likeness (QED) is 0.565. The average molecular weight is 355 g/mol. The highest BCUT2D eigenvalue weighted by Gasteiger charge is 2.34. The van der Waals surface area contributed by atoms with Gasteiger partial charge in [0, 0.05) is 25.2 Å². The van der Waals surface area contributed by atoms with Gasteiger partial charge in [-0.1, -0.05) is 24.3 Å². The molecular weight excluding hydrogens is 334 g/mol. The fourth-order valence-corrected chi connectivity index (χ4v) is 3.44. The zero-order chi connectivity index (χ0) is 18.7. The molecule has 1 aliphatic carbocycles. The van der Waals surface area contributed by atoms with E-state index in [1.165, 1.54) is 25.2 Å². The summed E-state index contributed by atoms with van der Waals surface area (Å²) in [6.07, 6.45) is 2.35. The van der Waals surface area contributed by atoms with Gasteiger partial charge in [0.05, 0.1) is 4.92 Å². The maximum absolute atomic E-state index is 11.7. The van der Waals surface area contributed by atoms with Crippen LogP contribution in [0.4, 0.5) is 11.4 Å². The second kappa shape index (κ2) is 7.13. The minimum absolute atomic E-state index is 0.157. The molecule has 0 heterocycles. The third-order valence-electron chi connectivity index (χ3n) is 4.81. The smallest absolute Gasteiger partial charge is 0.293 e. The first-order valence-electron chi connectivity index (χ1n) is 8.50. The van der Waals surface area contributed by atoms with Crippen LogP contribution in [0.3, 0.4) is 0 Å². The van der Waals surface area contributed by atoms with Crippen molar-refractivity contribution in [3.8, 4) is 0 Å². The Bertz CT molecular complexity index is 852. The molecule has 0 spiro atoms. The molecule has 0 aliphatic heterocycles. The van der Waals surface area contributed by atoms with Crippen LogP contribution < -0.4 is 10.6 Å². The molecule has 3 rings (SSSR count). The van der Waals surface area contributed by atoms with E-state index in [1.54, 1.807) is 0 Å². The number of nitro benzene ring substituents is 1. The van der Waals surface area contributed by atoms with Crippen LogP contribution in [-0.4, -0.2) is 29.5 Å². The molecule has 0 radical (unpaired) electrons. The molecule has 0 bridgehead atoms. The highest BCUT2D eigenvalue weighted by Crippen LogP contribution is 2.36. The predicted octanol–water partition coefficient (Wildman–Crippen LogP) is 2.59. The molecule has 1 atom stereocenters. The molecule has 1 amide bonds. The average Bonchev–Trinajstić information content (AvgIpc) is 2.66. The SMILES string of the molecule is CNC(=O)c1ccc(NCC2(O)CCCc3ccccc32)c([N+](=O)[O-])c1. The van der Waals surface area contributed by atoms with Crippen LogP contribution in [0, 0.1) is 10.1 Å². The van der Waals surface area contributed by atoms with Gasteiger partial charge in [0.2, 0.25) is 0 Å². The number of amides is 1. The highest BCUT2D eigenvalue weighted by atomic mass is 16.6. The Labute approximate surface area is 151 Å². The molecule has 2 aromatic carbocycles. The van der Waals surface area contributed by atoms with Crippen LogP contribution in [0.1, 0.15) is 34.3 Å². The van der Waals surface area contributed by atoms with Gasteiger partial charge in [-0.05, 0) is 42.5 Å². The molecule has 0 aromatic heterocycles. The summed E-state index contributed by atoms with van der Waals surface area (Å²) >= 11 is 0. The highest BCUT2D eigenvalue weighted by molar-refractivity contribution is 5.95. The maximum Gasteiger partial charge on any atom is 0.293 e. The number of hydrogen-bond acceptors (Lipinski definition) is 5. The minimum atomic E-state index is -1.08. The number of carbonyl (C=O) groups excluding carboxylic acids is 1. The first kappa shape index (κ1) is 17.9. The fourth-order valence-electron chi connectivity index (χ4n) is 3.44. The van der Waals surface area contributed by atoms with E-state index >= 15 is 0 Å². The Morgan fingerprint density at radius 1 is 1.31 bits per heavy atom. The van der Waals surface area contributed by atoms with Crippen molar-refractivity contribution in [1.29, 1.82) is 0 Å². The van der Waals surface area contributed by atoms with Gasteiger partial charge in [0.1, 0.15) is 11.3 Å². The number of benzene rings is 2. The largest absolute Gasteiger partial charge is 0.383 e. The third-order valence-corrected chi connectivity index (χ3v) is 4.81. The van der Waals surface area contributed by atoms with Crippen LogP contribution in [0.15, 0.2) is 42.5 Å². The van der Waals surface area contributed by atoms with Crippen LogP contribution >= 0.6 is 0 Å². The third kappa shape index (κ3) is 3.39. The second-order valence-corrected chi connectivity index (χ2v) is 6.46. The normalized spacial score (nSPS) is 18.7. The van der Waals surface area contributed by atoms with E-state index in [0.717, 1.165) is 24.0 Å². The molecule has 26 heavy (non-hydrogen) atoms. The molecule has 0 saturated heterocycles. The number of aliphatic hydroxyl groups is 1. The molecule has 1 aliphatic rings. The molecular formula is C19H21N3O4. The molecule has 0 fully saturated rings. The number of anilines is 1. The Hall–Kier alpha value is -2.93. The zero-order valence-electron chi connectivity index (χ0n) is 14.5. The van der Waals surface area contributed by atoms with Crippen molar-refractivity contribution in [3.05, 3.63) is 69.3 Å². The minimum Gasteiger partial charge on any atom is -0.383 e. The van der Waals surface area contributed by atoms with Crippen LogP contribution in [0.2, 0.25) is 0 Å². The summed E-state index contributed by atoms with van der Waals surface area (Å²) in [7, 11) is 1.47. The molecule has 7 nitrogen and oxygen atoms in total. The lowest BCUT2D eigenvalue weighted by Gasteiger charge is -2.35. The molecule has 7 heteroatoms. The summed E-state index contributed by atoms with van der Waals surface area (Å²) in [4.78, 5) is 22.6. The van der Waals surface area contributed by atoms with E-state index in [2.05, 4.69) is 10.6 Å². The maximum atomic E-state index is 11.7. The van der Waals surface area contributed by atoms with Gasteiger partial charge in [0.25, 0.3) is 11.6 Å². The number of hydrogen-bond donors (Lipinski definition) is 3. The number of carbonyl (C=O) groups is 1. The first-order valence-corrected chi connectivity index (χ1v) is 8.50.